The molecule has 0 bridgehead atoms. The van der Waals surface area contributed by atoms with Crippen LogP contribution in [0.3, 0.4) is 0 Å². The van der Waals surface area contributed by atoms with Gasteiger partial charge in [-0.25, -0.2) is 0 Å². The van der Waals surface area contributed by atoms with Gasteiger partial charge in [0, 0.05) is 19.3 Å². The minimum Gasteiger partial charge on any atom is -0.462 e. The lowest BCUT2D eigenvalue weighted by molar-refractivity contribution is -0.167. The van der Waals surface area contributed by atoms with Crippen molar-refractivity contribution in [1.82, 2.24) is 0 Å². The van der Waals surface area contributed by atoms with Gasteiger partial charge in [-0.05, 0) is 89.9 Å². The smallest absolute Gasteiger partial charge is 0.306 e. The van der Waals surface area contributed by atoms with Crippen molar-refractivity contribution in [2.45, 2.75) is 309 Å². The first-order chi connectivity index (χ1) is 34.0. The van der Waals surface area contributed by atoms with Crippen molar-refractivity contribution < 1.29 is 28.6 Å². The zero-order chi connectivity index (χ0) is 50.0. The summed E-state index contributed by atoms with van der Waals surface area (Å²) in [6.07, 6.45) is 72.1. The number of carbonyl (C=O) groups is 3. The molecule has 0 radical (unpaired) electrons. The Bertz CT molecular complexity index is 1250. The van der Waals surface area contributed by atoms with E-state index in [9.17, 15) is 14.4 Å². The number of unbranched alkanes of at least 4 members (excludes halogenated alkanes) is 33. The first kappa shape index (κ1) is 66.1. The quantitative estimate of drug-likeness (QED) is 0.0262. The van der Waals surface area contributed by atoms with E-state index in [4.69, 9.17) is 14.2 Å². The number of rotatable bonds is 54. The van der Waals surface area contributed by atoms with Crippen LogP contribution in [-0.2, 0) is 28.6 Å². The molecule has 1 unspecified atom stereocenters. The van der Waals surface area contributed by atoms with E-state index >= 15 is 0 Å². The zero-order valence-corrected chi connectivity index (χ0v) is 45.8. The maximum absolute atomic E-state index is 12.9. The van der Waals surface area contributed by atoms with Gasteiger partial charge in [-0.15, -0.1) is 0 Å². The fourth-order valence-electron chi connectivity index (χ4n) is 8.48. The third-order valence-corrected chi connectivity index (χ3v) is 13.0. The second-order valence-corrected chi connectivity index (χ2v) is 19.9. The van der Waals surface area contributed by atoms with Gasteiger partial charge in [0.15, 0.2) is 6.10 Å². The Labute approximate surface area is 428 Å². The minimum atomic E-state index is -0.790. The SMILES string of the molecule is CCCCC/C=C\C/C=C\C/C=C\CCCCC(=O)OCC(COC(=O)CCCCCCCCCCC/C=C\C/C=C\CCCCC)OC(=O)CCCCCCCCCCCCCCCCCCC. The Morgan fingerprint density at radius 3 is 0.870 bits per heavy atom. The molecule has 0 fully saturated rings. The van der Waals surface area contributed by atoms with Crippen LogP contribution in [0, 0.1) is 0 Å². The third-order valence-electron chi connectivity index (χ3n) is 13.0. The molecule has 0 aromatic heterocycles. The summed E-state index contributed by atoms with van der Waals surface area (Å²) in [5.74, 6) is -0.915. The maximum Gasteiger partial charge on any atom is 0.306 e. The maximum atomic E-state index is 12.9. The van der Waals surface area contributed by atoms with Gasteiger partial charge in [0.1, 0.15) is 13.2 Å². The molecule has 0 amide bonds. The summed E-state index contributed by atoms with van der Waals surface area (Å²) in [6.45, 7) is 6.59. The molecule has 0 saturated heterocycles. The fraction of sp³-hybridized carbons (Fsp3) is 0.794. The van der Waals surface area contributed by atoms with Crippen LogP contribution < -0.4 is 0 Å². The van der Waals surface area contributed by atoms with Gasteiger partial charge in [-0.1, -0.05) is 255 Å². The topological polar surface area (TPSA) is 78.9 Å². The summed E-state index contributed by atoms with van der Waals surface area (Å²) < 4.78 is 16.9. The number of hydrogen-bond donors (Lipinski definition) is 0. The van der Waals surface area contributed by atoms with Gasteiger partial charge in [0.2, 0.25) is 0 Å². The van der Waals surface area contributed by atoms with Crippen LogP contribution in [-0.4, -0.2) is 37.2 Å². The Morgan fingerprint density at radius 1 is 0.290 bits per heavy atom. The molecule has 1 atom stereocenters. The van der Waals surface area contributed by atoms with E-state index in [2.05, 4.69) is 81.5 Å². The molecule has 0 aliphatic rings. The highest BCUT2D eigenvalue weighted by atomic mass is 16.6. The summed E-state index contributed by atoms with van der Waals surface area (Å²) in [5, 5.41) is 0. The van der Waals surface area contributed by atoms with Crippen molar-refractivity contribution in [2.75, 3.05) is 13.2 Å². The van der Waals surface area contributed by atoms with E-state index in [0.717, 1.165) is 77.0 Å². The van der Waals surface area contributed by atoms with E-state index in [1.165, 1.54) is 186 Å². The molecule has 0 saturated carbocycles. The highest BCUT2D eigenvalue weighted by molar-refractivity contribution is 5.71. The molecular formula is C63H112O6. The van der Waals surface area contributed by atoms with Crippen molar-refractivity contribution in [2.24, 2.45) is 0 Å². The summed E-state index contributed by atoms with van der Waals surface area (Å²) in [4.78, 5) is 38.2. The monoisotopic (exact) mass is 965 g/mol. The largest absolute Gasteiger partial charge is 0.462 e. The van der Waals surface area contributed by atoms with Gasteiger partial charge < -0.3 is 14.2 Å². The highest BCUT2D eigenvalue weighted by Gasteiger charge is 2.19. The second-order valence-electron chi connectivity index (χ2n) is 19.9. The summed E-state index contributed by atoms with van der Waals surface area (Å²) >= 11 is 0. The number of hydrogen-bond acceptors (Lipinski definition) is 6. The van der Waals surface area contributed by atoms with E-state index in [0.29, 0.717) is 19.3 Å². The number of ether oxygens (including phenoxy) is 3. The van der Waals surface area contributed by atoms with Crippen molar-refractivity contribution >= 4 is 17.9 Å². The first-order valence-corrected chi connectivity index (χ1v) is 29.8. The van der Waals surface area contributed by atoms with Gasteiger partial charge in [0.25, 0.3) is 0 Å². The summed E-state index contributed by atoms with van der Waals surface area (Å²) in [6, 6.07) is 0. The van der Waals surface area contributed by atoms with Gasteiger partial charge in [-0.2, -0.15) is 0 Å². The van der Waals surface area contributed by atoms with Gasteiger partial charge in [0.05, 0.1) is 0 Å². The third kappa shape index (κ3) is 55.9. The van der Waals surface area contributed by atoms with Crippen LogP contribution >= 0.6 is 0 Å². The molecule has 0 aromatic rings. The Morgan fingerprint density at radius 2 is 0.522 bits per heavy atom. The van der Waals surface area contributed by atoms with Crippen LogP contribution in [0.4, 0.5) is 0 Å². The predicted octanol–water partition coefficient (Wildman–Crippen LogP) is 20.0. The molecule has 0 aromatic carbocycles. The Kier molecular flexibility index (Phi) is 55.3. The van der Waals surface area contributed by atoms with Crippen LogP contribution in [0.15, 0.2) is 60.8 Å². The van der Waals surface area contributed by atoms with Crippen LogP contribution in [0.25, 0.3) is 0 Å². The van der Waals surface area contributed by atoms with Crippen LogP contribution in [0.5, 0.6) is 0 Å². The summed E-state index contributed by atoms with van der Waals surface area (Å²) in [7, 11) is 0. The van der Waals surface area contributed by atoms with E-state index < -0.39 is 6.10 Å². The first-order valence-electron chi connectivity index (χ1n) is 29.8. The molecule has 6 heteroatoms. The van der Waals surface area contributed by atoms with Crippen molar-refractivity contribution in [3.63, 3.8) is 0 Å². The predicted molar refractivity (Wildman–Crippen MR) is 298 cm³/mol. The van der Waals surface area contributed by atoms with Gasteiger partial charge in [-0.3, -0.25) is 14.4 Å². The molecule has 0 aliphatic carbocycles. The zero-order valence-electron chi connectivity index (χ0n) is 45.8. The molecule has 400 valence electrons. The fourth-order valence-corrected chi connectivity index (χ4v) is 8.48. The number of carbonyl (C=O) groups excluding carboxylic acids is 3. The molecule has 0 heterocycles. The Balaban J connectivity index is 4.40. The van der Waals surface area contributed by atoms with E-state index in [1.54, 1.807) is 0 Å². The molecule has 0 aliphatic heterocycles. The second kappa shape index (κ2) is 57.7. The Hall–Kier alpha value is -2.89. The van der Waals surface area contributed by atoms with Crippen molar-refractivity contribution in [3.05, 3.63) is 60.8 Å². The summed E-state index contributed by atoms with van der Waals surface area (Å²) in [5.41, 5.74) is 0. The normalized spacial score (nSPS) is 12.4. The average Bonchev–Trinajstić information content (AvgIpc) is 3.35. The molecule has 6 nitrogen and oxygen atoms in total. The lowest BCUT2D eigenvalue weighted by Crippen LogP contribution is -2.30. The molecule has 69 heavy (non-hydrogen) atoms. The van der Waals surface area contributed by atoms with E-state index in [-0.39, 0.29) is 31.1 Å². The van der Waals surface area contributed by atoms with E-state index in [1.807, 2.05) is 0 Å². The number of esters is 3. The van der Waals surface area contributed by atoms with Crippen LogP contribution in [0.2, 0.25) is 0 Å². The molecule has 0 rings (SSSR count). The average molecular weight is 966 g/mol. The van der Waals surface area contributed by atoms with Crippen molar-refractivity contribution in [3.8, 4) is 0 Å². The highest BCUT2D eigenvalue weighted by Crippen LogP contribution is 2.16. The van der Waals surface area contributed by atoms with Gasteiger partial charge >= 0.3 is 17.9 Å². The molecule has 0 spiro atoms. The lowest BCUT2D eigenvalue weighted by Gasteiger charge is -2.18. The minimum absolute atomic E-state index is 0.0860. The van der Waals surface area contributed by atoms with Crippen molar-refractivity contribution in [1.29, 1.82) is 0 Å². The molecule has 0 N–H and O–H groups in total. The van der Waals surface area contributed by atoms with Crippen LogP contribution in [0.1, 0.15) is 303 Å². The molecular weight excluding hydrogens is 853 g/mol. The lowest BCUT2D eigenvalue weighted by atomic mass is 10.0. The standard InChI is InChI=1S/C63H112O6/c1-4-7-10-13-16-19-22-25-28-30-31-33-35-38-41-44-47-50-53-56-62(65)68-59-60(58-67-61(64)55-52-49-46-43-40-37-34-27-24-21-18-15-12-9-6-3)69-63(66)57-54-51-48-45-42-39-36-32-29-26-23-20-17-14-11-8-5-2/h16,18-19,21,25,27-28,34,40,43,60H,4-15,17,20,22-24,26,29-33,35-39,41-42,44-59H2,1-3H3/b19-16-,21-18-,28-25-,34-27-,43-40-. The number of allylic oxidation sites excluding steroid dienone is 10.